The van der Waals surface area contributed by atoms with Gasteiger partial charge in [-0.25, -0.2) is 0 Å². The van der Waals surface area contributed by atoms with Gasteiger partial charge in [-0.3, -0.25) is 4.79 Å². The second-order valence-electron chi connectivity index (χ2n) is 4.45. The molecule has 2 aromatic rings. The third kappa shape index (κ3) is 4.43. The molecule has 0 saturated heterocycles. The Morgan fingerprint density at radius 2 is 1.74 bits per heavy atom. The predicted octanol–water partition coefficient (Wildman–Crippen LogP) is 3.32. The van der Waals surface area contributed by atoms with Crippen molar-refractivity contribution >= 4 is 12.0 Å². The van der Waals surface area contributed by atoms with Crippen molar-refractivity contribution in [2.24, 2.45) is 0 Å². The van der Waals surface area contributed by atoms with Crippen LogP contribution in [0.4, 0.5) is 0 Å². The lowest BCUT2D eigenvalue weighted by Crippen LogP contribution is -2.20. The van der Waals surface area contributed by atoms with Gasteiger partial charge in [-0.2, -0.15) is 0 Å². The van der Waals surface area contributed by atoms with Crippen molar-refractivity contribution in [3.63, 3.8) is 0 Å². The van der Waals surface area contributed by atoms with Crippen LogP contribution in [0.1, 0.15) is 16.7 Å². The second kappa shape index (κ2) is 6.55. The molecule has 1 N–H and O–H groups in total. The Labute approximate surface area is 113 Å². The van der Waals surface area contributed by atoms with E-state index in [-0.39, 0.29) is 5.91 Å². The van der Waals surface area contributed by atoms with Crippen LogP contribution in [0.5, 0.6) is 0 Å². The summed E-state index contributed by atoms with van der Waals surface area (Å²) >= 11 is 0. The van der Waals surface area contributed by atoms with E-state index in [1.807, 2.05) is 67.6 Å². The van der Waals surface area contributed by atoms with Crippen molar-refractivity contribution in [1.29, 1.82) is 0 Å². The Morgan fingerprint density at radius 1 is 1.05 bits per heavy atom. The molecule has 2 nitrogen and oxygen atoms in total. The summed E-state index contributed by atoms with van der Waals surface area (Å²) in [5, 5.41) is 2.85. The standard InChI is InChI=1S/C17H17NO/c1-14-7-9-15(10-8-14)11-12-17(19)18-13-16-5-3-2-4-6-16/h2-12H,13H2,1H3,(H,18,19)/b12-11-. The molecule has 0 heterocycles. The summed E-state index contributed by atoms with van der Waals surface area (Å²) in [6.45, 7) is 2.60. The van der Waals surface area contributed by atoms with E-state index in [0.29, 0.717) is 6.54 Å². The molecule has 0 atom stereocenters. The highest BCUT2D eigenvalue weighted by atomic mass is 16.1. The zero-order chi connectivity index (χ0) is 13.5. The number of benzene rings is 2. The lowest BCUT2D eigenvalue weighted by Gasteiger charge is -2.01. The summed E-state index contributed by atoms with van der Waals surface area (Å²) in [6, 6.07) is 17.9. The normalized spacial score (nSPS) is 10.6. The quantitative estimate of drug-likeness (QED) is 0.830. The minimum absolute atomic E-state index is 0.0792. The van der Waals surface area contributed by atoms with Crippen LogP contribution in [0.2, 0.25) is 0 Å². The molecule has 96 valence electrons. The number of hydrogen-bond acceptors (Lipinski definition) is 1. The summed E-state index contributed by atoms with van der Waals surface area (Å²) in [5.74, 6) is -0.0792. The Morgan fingerprint density at radius 3 is 2.42 bits per heavy atom. The third-order valence-electron chi connectivity index (χ3n) is 2.81. The van der Waals surface area contributed by atoms with Gasteiger partial charge in [0.05, 0.1) is 0 Å². The van der Waals surface area contributed by atoms with Crippen LogP contribution in [0.25, 0.3) is 6.08 Å². The first kappa shape index (κ1) is 13.1. The van der Waals surface area contributed by atoms with E-state index in [2.05, 4.69) is 5.32 Å². The van der Waals surface area contributed by atoms with Gasteiger partial charge in [0.15, 0.2) is 0 Å². The minimum Gasteiger partial charge on any atom is -0.348 e. The van der Waals surface area contributed by atoms with E-state index in [4.69, 9.17) is 0 Å². The van der Waals surface area contributed by atoms with Crippen LogP contribution < -0.4 is 5.32 Å². The zero-order valence-corrected chi connectivity index (χ0v) is 11.0. The van der Waals surface area contributed by atoms with E-state index in [0.717, 1.165) is 11.1 Å². The fourth-order valence-electron chi connectivity index (χ4n) is 1.69. The van der Waals surface area contributed by atoms with Gasteiger partial charge in [0.2, 0.25) is 5.91 Å². The third-order valence-corrected chi connectivity index (χ3v) is 2.81. The van der Waals surface area contributed by atoms with Gasteiger partial charge in [-0.15, -0.1) is 0 Å². The van der Waals surface area contributed by atoms with E-state index < -0.39 is 0 Å². The molecular formula is C17H17NO. The number of rotatable bonds is 4. The molecule has 19 heavy (non-hydrogen) atoms. The fourth-order valence-corrected chi connectivity index (χ4v) is 1.69. The van der Waals surface area contributed by atoms with Crippen LogP contribution in [0, 0.1) is 6.92 Å². The van der Waals surface area contributed by atoms with Crippen LogP contribution in [-0.2, 0) is 11.3 Å². The summed E-state index contributed by atoms with van der Waals surface area (Å²) in [7, 11) is 0. The number of carbonyl (C=O) groups excluding carboxylic acids is 1. The molecular weight excluding hydrogens is 234 g/mol. The molecule has 0 aliphatic rings. The summed E-state index contributed by atoms with van der Waals surface area (Å²) in [6.07, 6.45) is 3.38. The molecule has 0 aromatic heterocycles. The van der Waals surface area contributed by atoms with E-state index in [9.17, 15) is 4.79 Å². The number of carbonyl (C=O) groups is 1. The maximum atomic E-state index is 11.7. The monoisotopic (exact) mass is 251 g/mol. The molecule has 0 bridgehead atoms. The molecule has 0 aliphatic heterocycles. The Bertz CT molecular complexity index is 556. The number of nitrogens with one attached hydrogen (secondary N) is 1. The van der Waals surface area contributed by atoms with Gasteiger partial charge in [-0.1, -0.05) is 60.2 Å². The summed E-state index contributed by atoms with van der Waals surface area (Å²) in [4.78, 5) is 11.7. The van der Waals surface area contributed by atoms with Crippen LogP contribution in [0.15, 0.2) is 60.7 Å². The molecule has 2 rings (SSSR count). The maximum Gasteiger partial charge on any atom is 0.244 e. The van der Waals surface area contributed by atoms with Crippen molar-refractivity contribution in [3.05, 3.63) is 77.4 Å². The molecule has 2 aromatic carbocycles. The molecule has 2 heteroatoms. The Kier molecular flexibility index (Phi) is 4.51. The molecule has 0 saturated carbocycles. The Balaban J connectivity index is 1.86. The predicted molar refractivity (Wildman–Crippen MR) is 78.5 cm³/mol. The number of hydrogen-bond donors (Lipinski definition) is 1. The van der Waals surface area contributed by atoms with E-state index >= 15 is 0 Å². The van der Waals surface area contributed by atoms with Crippen LogP contribution in [0.3, 0.4) is 0 Å². The molecule has 0 radical (unpaired) electrons. The fraction of sp³-hybridized carbons (Fsp3) is 0.118. The molecule has 0 unspecified atom stereocenters. The molecule has 0 fully saturated rings. The average molecular weight is 251 g/mol. The van der Waals surface area contributed by atoms with Crippen molar-refractivity contribution in [2.75, 3.05) is 0 Å². The van der Waals surface area contributed by atoms with E-state index in [1.165, 1.54) is 5.56 Å². The SMILES string of the molecule is Cc1ccc(/C=C\C(=O)NCc2ccccc2)cc1. The maximum absolute atomic E-state index is 11.7. The first-order valence-electron chi connectivity index (χ1n) is 6.30. The smallest absolute Gasteiger partial charge is 0.244 e. The van der Waals surface area contributed by atoms with Gasteiger partial charge >= 0.3 is 0 Å². The summed E-state index contributed by atoms with van der Waals surface area (Å²) < 4.78 is 0. The largest absolute Gasteiger partial charge is 0.348 e. The van der Waals surface area contributed by atoms with Crippen LogP contribution >= 0.6 is 0 Å². The molecule has 1 amide bonds. The van der Waals surface area contributed by atoms with Crippen molar-refractivity contribution in [2.45, 2.75) is 13.5 Å². The van der Waals surface area contributed by atoms with Gasteiger partial charge < -0.3 is 5.32 Å². The van der Waals surface area contributed by atoms with Gasteiger partial charge in [0.1, 0.15) is 0 Å². The average Bonchev–Trinajstić information content (AvgIpc) is 2.45. The second-order valence-corrected chi connectivity index (χ2v) is 4.45. The Hall–Kier alpha value is -2.35. The zero-order valence-electron chi connectivity index (χ0n) is 11.0. The van der Waals surface area contributed by atoms with Crippen molar-refractivity contribution < 1.29 is 4.79 Å². The topological polar surface area (TPSA) is 29.1 Å². The number of amides is 1. The highest BCUT2D eigenvalue weighted by molar-refractivity contribution is 5.91. The van der Waals surface area contributed by atoms with Gasteiger partial charge in [-0.05, 0) is 24.1 Å². The summed E-state index contributed by atoms with van der Waals surface area (Å²) in [5.41, 5.74) is 3.34. The number of aryl methyl sites for hydroxylation is 1. The highest BCUT2D eigenvalue weighted by Gasteiger charge is 1.96. The van der Waals surface area contributed by atoms with Crippen LogP contribution in [-0.4, -0.2) is 5.91 Å². The first-order chi connectivity index (χ1) is 9.24. The first-order valence-corrected chi connectivity index (χ1v) is 6.30. The van der Waals surface area contributed by atoms with Crippen molar-refractivity contribution in [1.82, 2.24) is 5.32 Å². The van der Waals surface area contributed by atoms with E-state index in [1.54, 1.807) is 6.08 Å². The van der Waals surface area contributed by atoms with Crippen molar-refractivity contribution in [3.8, 4) is 0 Å². The van der Waals surface area contributed by atoms with Gasteiger partial charge in [0, 0.05) is 12.6 Å². The minimum atomic E-state index is -0.0792. The molecule has 0 spiro atoms. The highest BCUT2D eigenvalue weighted by Crippen LogP contribution is 2.04. The van der Waals surface area contributed by atoms with Gasteiger partial charge in [0.25, 0.3) is 0 Å². The lowest BCUT2D eigenvalue weighted by atomic mass is 10.1. The molecule has 0 aliphatic carbocycles. The lowest BCUT2D eigenvalue weighted by molar-refractivity contribution is -0.116.